The van der Waals surface area contributed by atoms with Crippen LogP contribution in [-0.2, 0) is 0 Å². The summed E-state index contributed by atoms with van der Waals surface area (Å²) in [6, 6.07) is 12.3. The Labute approximate surface area is 128 Å². The van der Waals surface area contributed by atoms with Crippen LogP contribution >= 0.6 is 11.3 Å². The van der Waals surface area contributed by atoms with E-state index in [-0.39, 0.29) is 6.04 Å². The Kier molecular flexibility index (Phi) is 3.90. The van der Waals surface area contributed by atoms with Gasteiger partial charge in [0.1, 0.15) is 10.8 Å². The zero-order valence-corrected chi connectivity index (χ0v) is 13.0. The number of rotatable bonds is 4. The van der Waals surface area contributed by atoms with E-state index in [1.54, 1.807) is 11.3 Å². The highest BCUT2D eigenvalue weighted by atomic mass is 32.1. The Hall–Kier alpha value is -1.91. The lowest BCUT2D eigenvalue weighted by Gasteiger charge is -2.10. The van der Waals surface area contributed by atoms with Crippen molar-refractivity contribution in [2.45, 2.75) is 19.9 Å². The predicted molar refractivity (Wildman–Crippen MR) is 88.8 cm³/mol. The van der Waals surface area contributed by atoms with Crippen LogP contribution in [0.2, 0.25) is 0 Å². The summed E-state index contributed by atoms with van der Waals surface area (Å²) in [5.74, 6) is 0.916. The van der Waals surface area contributed by atoms with Crippen LogP contribution in [0.3, 0.4) is 0 Å². The molecule has 0 spiro atoms. The molecule has 0 radical (unpaired) electrons. The Morgan fingerprint density at radius 1 is 1.19 bits per heavy atom. The van der Waals surface area contributed by atoms with Crippen molar-refractivity contribution < 1.29 is 4.74 Å². The molecule has 21 heavy (non-hydrogen) atoms. The van der Waals surface area contributed by atoms with E-state index in [9.17, 15) is 0 Å². The number of aromatic nitrogens is 1. The molecule has 0 fully saturated rings. The Morgan fingerprint density at radius 3 is 2.62 bits per heavy atom. The van der Waals surface area contributed by atoms with Crippen LogP contribution in [0.5, 0.6) is 5.75 Å². The molecule has 108 valence electrons. The normalized spacial score (nSPS) is 12.5. The van der Waals surface area contributed by atoms with Gasteiger partial charge in [-0.2, -0.15) is 0 Å². The molecule has 4 heteroatoms. The number of hydrogen-bond donors (Lipinski definition) is 1. The summed E-state index contributed by atoms with van der Waals surface area (Å²) in [4.78, 5) is 4.66. The number of thiazole rings is 1. The Balaban J connectivity index is 2.16. The van der Waals surface area contributed by atoms with E-state index in [4.69, 9.17) is 10.5 Å². The van der Waals surface area contributed by atoms with Gasteiger partial charge in [-0.3, -0.25) is 0 Å². The molecule has 0 aliphatic heterocycles. The van der Waals surface area contributed by atoms with Gasteiger partial charge in [0.25, 0.3) is 0 Å². The first-order chi connectivity index (χ1) is 10.2. The first-order valence-corrected chi connectivity index (χ1v) is 7.94. The molecule has 2 N–H and O–H groups in total. The molecule has 2 aromatic carbocycles. The minimum absolute atomic E-state index is 0.0299. The van der Waals surface area contributed by atoms with Crippen molar-refractivity contribution in [2.75, 3.05) is 6.61 Å². The average Bonchev–Trinajstić information content (AvgIpc) is 2.98. The molecule has 0 bridgehead atoms. The summed E-state index contributed by atoms with van der Waals surface area (Å²) >= 11 is 1.61. The van der Waals surface area contributed by atoms with E-state index in [0.717, 1.165) is 32.8 Å². The second-order valence-corrected chi connectivity index (χ2v) is 5.84. The minimum Gasteiger partial charge on any atom is -0.493 e. The predicted octanol–water partition coefficient (Wildman–Crippen LogP) is 4.38. The van der Waals surface area contributed by atoms with E-state index >= 15 is 0 Å². The summed E-state index contributed by atoms with van der Waals surface area (Å²) in [6.07, 6.45) is 0. The van der Waals surface area contributed by atoms with E-state index in [2.05, 4.69) is 28.6 Å². The van der Waals surface area contributed by atoms with E-state index in [1.807, 2.05) is 32.0 Å². The second kappa shape index (κ2) is 5.84. The molecule has 1 heterocycles. The molecule has 0 amide bonds. The van der Waals surface area contributed by atoms with E-state index in [0.29, 0.717) is 6.61 Å². The van der Waals surface area contributed by atoms with Gasteiger partial charge in [0.05, 0.1) is 18.3 Å². The van der Waals surface area contributed by atoms with Crippen molar-refractivity contribution in [3.8, 4) is 17.0 Å². The van der Waals surface area contributed by atoms with Crippen molar-refractivity contribution in [2.24, 2.45) is 5.73 Å². The smallest absolute Gasteiger partial charge is 0.127 e. The summed E-state index contributed by atoms with van der Waals surface area (Å²) in [6.45, 7) is 4.62. The lowest BCUT2D eigenvalue weighted by Crippen LogP contribution is -2.03. The van der Waals surface area contributed by atoms with Gasteiger partial charge in [-0.15, -0.1) is 11.3 Å². The highest BCUT2D eigenvalue weighted by Crippen LogP contribution is 2.35. The summed E-state index contributed by atoms with van der Waals surface area (Å²) in [5.41, 5.74) is 8.01. The highest BCUT2D eigenvalue weighted by Gasteiger charge is 2.12. The van der Waals surface area contributed by atoms with Gasteiger partial charge in [-0.05, 0) is 31.4 Å². The number of nitrogens with two attached hydrogens (primary N) is 1. The van der Waals surface area contributed by atoms with Crippen LogP contribution in [0.4, 0.5) is 0 Å². The lowest BCUT2D eigenvalue weighted by atomic mass is 10.0. The van der Waals surface area contributed by atoms with Crippen molar-refractivity contribution in [1.29, 1.82) is 0 Å². The molecule has 3 rings (SSSR count). The van der Waals surface area contributed by atoms with Gasteiger partial charge in [-0.1, -0.05) is 24.3 Å². The van der Waals surface area contributed by atoms with Gasteiger partial charge in [0.2, 0.25) is 0 Å². The van der Waals surface area contributed by atoms with Crippen LogP contribution in [-0.4, -0.2) is 11.6 Å². The third kappa shape index (κ3) is 2.64. The lowest BCUT2D eigenvalue weighted by molar-refractivity contribution is 0.344. The molecular formula is C17H18N2OS. The second-order valence-electron chi connectivity index (χ2n) is 4.95. The fourth-order valence-electron chi connectivity index (χ4n) is 2.40. The summed E-state index contributed by atoms with van der Waals surface area (Å²) in [5, 5.41) is 5.31. The van der Waals surface area contributed by atoms with Gasteiger partial charge in [-0.25, -0.2) is 4.98 Å². The van der Waals surface area contributed by atoms with Crippen molar-refractivity contribution in [3.63, 3.8) is 0 Å². The standard InChI is InChI=1S/C17H18N2OS/c1-3-20-16-9-8-13(12-6-4-5-7-14(12)16)15-10-21-17(19-15)11(2)18/h4-11H,3,18H2,1-2H3. The number of nitrogens with zero attached hydrogens (tertiary/aromatic N) is 1. The van der Waals surface area contributed by atoms with Crippen molar-refractivity contribution >= 4 is 22.1 Å². The molecule has 1 atom stereocenters. The Bertz CT molecular complexity index is 764. The average molecular weight is 298 g/mol. The molecule has 0 aliphatic rings. The summed E-state index contributed by atoms with van der Waals surface area (Å²) < 4.78 is 5.72. The van der Waals surface area contributed by atoms with Crippen molar-refractivity contribution in [3.05, 3.63) is 46.8 Å². The first kappa shape index (κ1) is 14.0. The fraction of sp³-hybridized carbons (Fsp3) is 0.235. The van der Waals surface area contributed by atoms with Gasteiger partial charge in [0.15, 0.2) is 0 Å². The molecule has 1 aromatic heterocycles. The highest BCUT2D eigenvalue weighted by molar-refractivity contribution is 7.10. The molecular weight excluding hydrogens is 280 g/mol. The van der Waals surface area contributed by atoms with Gasteiger partial charge < -0.3 is 10.5 Å². The summed E-state index contributed by atoms with van der Waals surface area (Å²) in [7, 11) is 0. The number of ether oxygens (including phenoxy) is 1. The third-order valence-corrected chi connectivity index (χ3v) is 4.42. The molecule has 3 aromatic rings. The van der Waals surface area contributed by atoms with Crippen LogP contribution in [0.25, 0.3) is 22.0 Å². The zero-order chi connectivity index (χ0) is 14.8. The Morgan fingerprint density at radius 2 is 1.95 bits per heavy atom. The maximum atomic E-state index is 5.91. The fourth-order valence-corrected chi connectivity index (χ4v) is 3.17. The zero-order valence-electron chi connectivity index (χ0n) is 12.2. The number of hydrogen-bond acceptors (Lipinski definition) is 4. The molecule has 1 unspecified atom stereocenters. The largest absolute Gasteiger partial charge is 0.493 e. The van der Waals surface area contributed by atoms with Crippen LogP contribution in [0.15, 0.2) is 41.8 Å². The van der Waals surface area contributed by atoms with Gasteiger partial charge >= 0.3 is 0 Å². The molecule has 0 aliphatic carbocycles. The van der Waals surface area contributed by atoms with Crippen molar-refractivity contribution in [1.82, 2.24) is 4.98 Å². The number of fused-ring (bicyclic) bond motifs is 1. The molecule has 0 saturated carbocycles. The van der Waals surface area contributed by atoms with E-state index in [1.165, 1.54) is 0 Å². The third-order valence-electron chi connectivity index (χ3n) is 3.37. The number of benzene rings is 2. The van der Waals surface area contributed by atoms with Crippen LogP contribution in [0.1, 0.15) is 24.9 Å². The quantitative estimate of drug-likeness (QED) is 0.777. The minimum atomic E-state index is -0.0299. The van der Waals surface area contributed by atoms with Crippen LogP contribution in [0, 0.1) is 0 Å². The van der Waals surface area contributed by atoms with E-state index < -0.39 is 0 Å². The SMILES string of the molecule is CCOc1ccc(-c2csc(C(C)N)n2)c2ccccc12. The topological polar surface area (TPSA) is 48.1 Å². The maximum Gasteiger partial charge on any atom is 0.127 e. The molecule has 0 saturated heterocycles. The van der Waals surface area contributed by atoms with Gasteiger partial charge in [0, 0.05) is 16.3 Å². The first-order valence-electron chi connectivity index (χ1n) is 7.06. The van der Waals surface area contributed by atoms with Crippen LogP contribution < -0.4 is 10.5 Å². The molecule has 3 nitrogen and oxygen atoms in total. The monoisotopic (exact) mass is 298 g/mol. The maximum absolute atomic E-state index is 5.91.